The lowest BCUT2D eigenvalue weighted by atomic mass is 9.93. The highest BCUT2D eigenvalue weighted by Crippen LogP contribution is 2.27. The lowest BCUT2D eigenvalue weighted by molar-refractivity contribution is -0.136. The molecule has 0 aromatic carbocycles. The van der Waals surface area contributed by atoms with E-state index in [9.17, 15) is 4.79 Å². The summed E-state index contributed by atoms with van der Waals surface area (Å²) in [5.74, 6) is 1.87. The molecular weight excluding hydrogens is 328 g/mol. The Morgan fingerprint density at radius 3 is 2.54 bits per heavy atom. The molecule has 7 heteroatoms. The number of rotatable bonds is 3. The molecule has 7 nitrogen and oxygen atoms in total. The van der Waals surface area contributed by atoms with Gasteiger partial charge in [-0.25, -0.2) is 4.98 Å². The normalized spacial score (nSPS) is 25.6. The Morgan fingerprint density at radius 1 is 1.04 bits per heavy atom. The smallest absolute Gasteiger partial charge is 0.227 e. The van der Waals surface area contributed by atoms with E-state index in [1.165, 1.54) is 12.8 Å². The fourth-order valence-electron chi connectivity index (χ4n) is 4.68. The molecule has 4 rings (SSSR count). The number of aromatic nitrogens is 2. The highest BCUT2D eigenvalue weighted by Gasteiger charge is 2.34. The average Bonchev–Trinajstić information content (AvgIpc) is 3.22. The molecule has 1 atom stereocenters. The van der Waals surface area contributed by atoms with E-state index in [0.29, 0.717) is 17.8 Å². The quantitative estimate of drug-likeness (QED) is 0.879. The van der Waals surface area contributed by atoms with E-state index < -0.39 is 0 Å². The van der Waals surface area contributed by atoms with Gasteiger partial charge in [0.1, 0.15) is 5.82 Å². The molecule has 2 N–H and O–H groups in total. The van der Waals surface area contributed by atoms with Gasteiger partial charge in [-0.3, -0.25) is 9.69 Å². The Kier molecular flexibility index (Phi) is 5.24. The predicted molar refractivity (Wildman–Crippen MR) is 102 cm³/mol. The summed E-state index contributed by atoms with van der Waals surface area (Å²) < 4.78 is 0. The molecular formula is C19H30N6O. The summed E-state index contributed by atoms with van der Waals surface area (Å²) in [7, 11) is 0. The molecule has 1 aromatic rings. The highest BCUT2D eigenvalue weighted by atomic mass is 16.2. The first-order valence-electron chi connectivity index (χ1n) is 10.1. The lowest BCUT2D eigenvalue weighted by Gasteiger charge is -2.42. The summed E-state index contributed by atoms with van der Waals surface area (Å²) in [6.07, 6.45) is 8.47. The molecule has 1 aromatic heterocycles. The average molecular weight is 358 g/mol. The van der Waals surface area contributed by atoms with Crippen molar-refractivity contribution in [3.8, 4) is 0 Å². The molecule has 1 amide bonds. The van der Waals surface area contributed by atoms with Crippen LogP contribution in [0.25, 0.3) is 0 Å². The number of anilines is 2. The van der Waals surface area contributed by atoms with E-state index in [2.05, 4.69) is 24.7 Å². The van der Waals surface area contributed by atoms with Crippen molar-refractivity contribution < 1.29 is 4.79 Å². The molecule has 3 saturated heterocycles. The monoisotopic (exact) mass is 358 g/mol. The number of carbonyl (C=O) groups is 1. The van der Waals surface area contributed by atoms with Crippen LogP contribution in [-0.2, 0) is 4.79 Å². The molecule has 0 bridgehead atoms. The van der Waals surface area contributed by atoms with Crippen LogP contribution in [0.4, 0.5) is 11.8 Å². The summed E-state index contributed by atoms with van der Waals surface area (Å²) in [5, 5.41) is 0. The Hall–Kier alpha value is -1.89. The Morgan fingerprint density at radius 2 is 1.81 bits per heavy atom. The van der Waals surface area contributed by atoms with Crippen molar-refractivity contribution in [1.82, 2.24) is 19.8 Å². The van der Waals surface area contributed by atoms with Gasteiger partial charge in [0.05, 0.1) is 5.92 Å². The fourth-order valence-corrected chi connectivity index (χ4v) is 4.68. The topological polar surface area (TPSA) is 78.6 Å². The maximum atomic E-state index is 12.8. The Labute approximate surface area is 155 Å². The molecule has 3 fully saturated rings. The van der Waals surface area contributed by atoms with Gasteiger partial charge in [0.15, 0.2) is 0 Å². The molecule has 26 heavy (non-hydrogen) atoms. The third kappa shape index (κ3) is 3.77. The molecule has 0 spiro atoms. The van der Waals surface area contributed by atoms with Crippen LogP contribution in [-0.4, -0.2) is 71.0 Å². The van der Waals surface area contributed by atoms with Crippen LogP contribution in [0.2, 0.25) is 0 Å². The number of piperidine rings is 2. The Bertz CT molecular complexity index is 624. The van der Waals surface area contributed by atoms with Crippen molar-refractivity contribution >= 4 is 17.7 Å². The predicted octanol–water partition coefficient (Wildman–Crippen LogP) is 1.36. The van der Waals surface area contributed by atoms with Crippen LogP contribution in [0.3, 0.4) is 0 Å². The molecule has 3 aliphatic rings. The summed E-state index contributed by atoms with van der Waals surface area (Å²) in [6, 6.07) is 2.29. The molecule has 4 heterocycles. The van der Waals surface area contributed by atoms with Crippen LogP contribution in [0.15, 0.2) is 12.3 Å². The van der Waals surface area contributed by atoms with Gasteiger partial charge in [-0.2, -0.15) is 4.98 Å². The van der Waals surface area contributed by atoms with Crippen molar-refractivity contribution in [1.29, 1.82) is 0 Å². The third-order valence-corrected chi connectivity index (χ3v) is 6.15. The second-order valence-electron chi connectivity index (χ2n) is 7.87. The number of hydrogen-bond acceptors (Lipinski definition) is 6. The van der Waals surface area contributed by atoms with Crippen LogP contribution >= 0.6 is 0 Å². The van der Waals surface area contributed by atoms with Gasteiger partial charge in [-0.1, -0.05) is 0 Å². The number of nitrogens with two attached hydrogens (primary N) is 1. The minimum Gasteiger partial charge on any atom is -0.384 e. The van der Waals surface area contributed by atoms with Gasteiger partial charge >= 0.3 is 0 Å². The first kappa shape index (κ1) is 17.5. The Balaban J connectivity index is 1.31. The van der Waals surface area contributed by atoms with E-state index in [0.717, 1.165) is 70.9 Å². The van der Waals surface area contributed by atoms with E-state index in [1.54, 1.807) is 12.3 Å². The molecule has 0 saturated carbocycles. The third-order valence-electron chi connectivity index (χ3n) is 6.15. The number of nitrogen functional groups attached to an aromatic ring is 1. The van der Waals surface area contributed by atoms with Crippen molar-refractivity contribution in [2.24, 2.45) is 5.92 Å². The molecule has 3 aliphatic heterocycles. The lowest BCUT2D eigenvalue weighted by Crippen LogP contribution is -2.51. The standard InChI is InChI=1S/C19H30N6O/c20-17-5-8-21-19(22-17)24-12-6-16(7-13-24)25-11-3-4-15(14-25)18(26)23-9-1-2-10-23/h5,8,15-16H,1-4,6-7,9-14H2,(H2,20,21,22)/t15-/m1/s1. The highest BCUT2D eigenvalue weighted by molar-refractivity contribution is 5.79. The van der Waals surface area contributed by atoms with Crippen molar-refractivity contribution in [2.75, 3.05) is 49.9 Å². The van der Waals surface area contributed by atoms with Crippen molar-refractivity contribution in [3.05, 3.63) is 12.3 Å². The van der Waals surface area contributed by atoms with Crippen LogP contribution in [0.5, 0.6) is 0 Å². The van der Waals surface area contributed by atoms with Crippen LogP contribution in [0, 0.1) is 5.92 Å². The summed E-state index contributed by atoms with van der Waals surface area (Å²) in [4.78, 5) is 28.3. The zero-order valence-electron chi connectivity index (χ0n) is 15.5. The number of carbonyl (C=O) groups excluding carboxylic acids is 1. The van der Waals surface area contributed by atoms with Crippen LogP contribution in [0.1, 0.15) is 38.5 Å². The maximum absolute atomic E-state index is 12.8. The van der Waals surface area contributed by atoms with Crippen LogP contribution < -0.4 is 10.6 Å². The van der Waals surface area contributed by atoms with Gasteiger partial charge in [0, 0.05) is 45.0 Å². The van der Waals surface area contributed by atoms with E-state index in [4.69, 9.17) is 5.73 Å². The minimum atomic E-state index is 0.206. The number of nitrogens with zero attached hydrogens (tertiary/aromatic N) is 5. The van der Waals surface area contributed by atoms with Gasteiger partial charge < -0.3 is 15.5 Å². The molecule has 142 valence electrons. The zero-order valence-corrected chi connectivity index (χ0v) is 15.5. The van der Waals surface area contributed by atoms with E-state index >= 15 is 0 Å². The summed E-state index contributed by atoms with van der Waals surface area (Å²) in [5.41, 5.74) is 5.78. The van der Waals surface area contributed by atoms with Gasteiger partial charge in [-0.05, 0) is 51.1 Å². The largest absolute Gasteiger partial charge is 0.384 e. The second kappa shape index (κ2) is 7.78. The van der Waals surface area contributed by atoms with Crippen molar-refractivity contribution in [3.63, 3.8) is 0 Å². The van der Waals surface area contributed by atoms with E-state index in [-0.39, 0.29) is 5.92 Å². The molecule has 0 radical (unpaired) electrons. The minimum absolute atomic E-state index is 0.206. The van der Waals surface area contributed by atoms with Crippen molar-refractivity contribution in [2.45, 2.75) is 44.6 Å². The molecule has 0 unspecified atom stereocenters. The maximum Gasteiger partial charge on any atom is 0.227 e. The van der Waals surface area contributed by atoms with Gasteiger partial charge in [-0.15, -0.1) is 0 Å². The summed E-state index contributed by atoms with van der Waals surface area (Å²) in [6.45, 7) is 5.91. The first-order valence-corrected chi connectivity index (χ1v) is 10.1. The zero-order chi connectivity index (χ0) is 17.9. The van der Waals surface area contributed by atoms with Gasteiger partial charge in [0.25, 0.3) is 0 Å². The van der Waals surface area contributed by atoms with E-state index in [1.807, 2.05) is 0 Å². The number of amides is 1. The number of likely N-dealkylation sites (tertiary alicyclic amines) is 2. The SMILES string of the molecule is Nc1ccnc(N2CCC(N3CCC[C@@H](C(=O)N4CCCC4)C3)CC2)n1. The molecule has 0 aliphatic carbocycles. The number of hydrogen-bond donors (Lipinski definition) is 1. The summed E-state index contributed by atoms with van der Waals surface area (Å²) >= 11 is 0. The van der Waals surface area contributed by atoms with Gasteiger partial charge in [0.2, 0.25) is 11.9 Å². The second-order valence-corrected chi connectivity index (χ2v) is 7.87. The first-order chi connectivity index (χ1) is 12.7. The fraction of sp³-hybridized carbons (Fsp3) is 0.737.